The van der Waals surface area contributed by atoms with Crippen molar-refractivity contribution in [3.63, 3.8) is 0 Å². The zero-order valence-electron chi connectivity index (χ0n) is 10.4. The van der Waals surface area contributed by atoms with E-state index in [1.54, 1.807) is 20.8 Å². The van der Waals surface area contributed by atoms with Gasteiger partial charge in [-0.25, -0.2) is 17.2 Å². The molecule has 0 aromatic heterocycles. The molecule has 7 heteroatoms. The predicted octanol–water partition coefficient (Wildman–Crippen LogP) is 2.01. The SMILES string of the molecule is CC(C)(C)S(=O)(=O)CCN(CCCl)CC(F)F. The summed E-state index contributed by atoms with van der Waals surface area (Å²) in [5.41, 5.74) is 0. The maximum absolute atomic E-state index is 12.2. The van der Waals surface area contributed by atoms with Crippen molar-refractivity contribution in [3.8, 4) is 0 Å². The Bertz CT molecular complexity index is 315. The van der Waals surface area contributed by atoms with Gasteiger partial charge in [0, 0.05) is 19.0 Å². The minimum Gasteiger partial charge on any atom is -0.296 e. The molecule has 0 heterocycles. The van der Waals surface area contributed by atoms with Gasteiger partial charge in [-0.15, -0.1) is 11.6 Å². The minimum atomic E-state index is -3.28. The lowest BCUT2D eigenvalue weighted by Gasteiger charge is -2.24. The number of hydrogen-bond acceptors (Lipinski definition) is 3. The highest BCUT2D eigenvalue weighted by molar-refractivity contribution is 7.92. The Kier molecular flexibility index (Phi) is 6.87. The molecule has 0 N–H and O–H groups in total. The van der Waals surface area contributed by atoms with Gasteiger partial charge in [0.15, 0.2) is 9.84 Å². The number of nitrogens with zero attached hydrogens (tertiary/aromatic N) is 1. The molecule has 0 aromatic rings. The van der Waals surface area contributed by atoms with Crippen LogP contribution < -0.4 is 0 Å². The molecule has 0 saturated heterocycles. The van der Waals surface area contributed by atoms with Crippen LogP contribution in [-0.2, 0) is 9.84 Å². The van der Waals surface area contributed by atoms with Gasteiger partial charge >= 0.3 is 0 Å². The summed E-state index contributed by atoms with van der Waals surface area (Å²) in [5.74, 6) is 0.0857. The fourth-order valence-electron chi connectivity index (χ4n) is 1.16. The first kappa shape index (κ1) is 17.1. The van der Waals surface area contributed by atoms with Crippen molar-refractivity contribution in [2.75, 3.05) is 31.3 Å². The fraction of sp³-hybridized carbons (Fsp3) is 1.00. The van der Waals surface area contributed by atoms with E-state index in [1.807, 2.05) is 0 Å². The van der Waals surface area contributed by atoms with Crippen molar-refractivity contribution >= 4 is 21.4 Å². The number of halogens is 3. The van der Waals surface area contributed by atoms with E-state index in [0.717, 1.165) is 0 Å². The summed E-state index contributed by atoms with van der Waals surface area (Å²) in [5, 5.41) is 0. The van der Waals surface area contributed by atoms with E-state index in [0.29, 0.717) is 0 Å². The maximum atomic E-state index is 12.2. The fourth-order valence-corrected chi connectivity index (χ4v) is 2.51. The Morgan fingerprint density at radius 3 is 2.12 bits per heavy atom. The summed E-state index contributed by atoms with van der Waals surface area (Å²) in [6.07, 6.45) is -2.48. The molecule has 0 unspecified atom stereocenters. The molecule has 0 rings (SSSR count). The standard InChI is InChI=1S/C10H20ClF2NO2S/c1-10(2,3)17(15,16)7-6-14(5-4-11)8-9(12)13/h9H,4-8H2,1-3H3. The molecular formula is C10H20ClF2NO2S. The molecule has 0 saturated carbocycles. The minimum absolute atomic E-state index is 0.0939. The van der Waals surface area contributed by atoms with Crippen molar-refractivity contribution in [2.24, 2.45) is 0 Å². The van der Waals surface area contributed by atoms with Gasteiger partial charge in [-0.1, -0.05) is 0 Å². The van der Waals surface area contributed by atoms with Crippen LogP contribution in [0, 0.1) is 0 Å². The second-order valence-electron chi connectivity index (χ2n) is 4.81. The summed E-state index contributed by atoms with van der Waals surface area (Å²) < 4.78 is 47.2. The van der Waals surface area contributed by atoms with Gasteiger partial charge in [-0.3, -0.25) is 4.90 Å². The van der Waals surface area contributed by atoms with Gasteiger partial charge in [0.25, 0.3) is 6.43 Å². The van der Waals surface area contributed by atoms with Gasteiger partial charge in [0.05, 0.1) is 17.0 Å². The highest BCUT2D eigenvalue weighted by Gasteiger charge is 2.29. The van der Waals surface area contributed by atoms with Gasteiger partial charge in [-0.05, 0) is 20.8 Å². The summed E-state index contributed by atoms with van der Waals surface area (Å²) in [6, 6.07) is 0. The first-order valence-electron chi connectivity index (χ1n) is 5.39. The van der Waals surface area contributed by atoms with Gasteiger partial charge in [0.1, 0.15) is 0 Å². The van der Waals surface area contributed by atoms with Crippen molar-refractivity contribution in [1.29, 1.82) is 0 Å². The second kappa shape index (κ2) is 6.85. The average molecular weight is 292 g/mol. The largest absolute Gasteiger partial charge is 0.296 e. The average Bonchev–Trinajstić information content (AvgIpc) is 2.12. The van der Waals surface area contributed by atoms with Crippen LogP contribution in [0.25, 0.3) is 0 Å². The molecule has 0 atom stereocenters. The summed E-state index contributed by atoms with van der Waals surface area (Å²) >= 11 is 5.48. The Morgan fingerprint density at radius 1 is 1.24 bits per heavy atom. The molecule has 0 aliphatic carbocycles. The van der Waals surface area contributed by atoms with E-state index in [4.69, 9.17) is 11.6 Å². The highest BCUT2D eigenvalue weighted by atomic mass is 35.5. The molecule has 0 bridgehead atoms. The third kappa shape index (κ3) is 6.52. The van der Waals surface area contributed by atoms with Gasteiger partial charge < -0.3 is 0 Å². The third-order valence-electron chi connectivity index (χ3n) is 2.41. The molecule has 0 aromatic carbocycles. The number of alkyl halides is 3. The smallest absolute Gasteiger partial charge is 0.251 e. The zero-order valence-corrected chi connectivity index (χ0v) is 12.0. The lowest BCUT2D eigenvalue weighted by Crippen LogP contribution is -2.39. The van der Waals surface area contributed by atoms with E-state index in [1.165, 1.54) is 4.90 Å². The molecule has 0 spiro atoms. The first-order chi connectivity index (χ1) is 7.60. The summed E-state index contributed by atoms with van der Waals surface area (Å²) in [7, 11) is -3.28. The molecule has 0 radical (unpaired) electrons. The lowest BCUT2D eigenvalue weighted by molar-refractivity contribution is 0.0940. The van der Waals surface area contributed by atoms with Crippen LogP contribution in [0.3, 0.4) is 0 Å². The van der Waals surface area contributed by atoms with E-state index >= 15 is 0 Å². The molecular weight excluding hydrogens is 272 g/mol. The van der Waals surface area contributed by atoms with Crippen molar-refractivity contribution < 1.29 is 17.2 Å². The van der Waals surface area contributed by atoms with Crippen molar-refractivity contribution in [3.05, 3.63) is 0 Å². The van der Waals surface area contributed by atoms with Crippen molar-refractivity contribution in [1.82, 2.24) is 4.90 Å². The third-order valence-corrected chi connectivity index (χ3v) is 5.16. The topological polar surface area (TPSA) is 37.4 Å². The van der Waals surface area contributed by atoms with Crippen molar-refractivity contribution in [2.45, 2.75) is 31.9 Å². The quantitative estimate of drug-likeness (QED) is 0.673. The van der Waals surface area contributed by atoms with E-state index in [9.17, 15) is 17.2 Å². The summed E-state index contributed by atoms with van der Waals surface area (Å²) in [4.78, 5) is 1.38. The number of rotatable bonds is 7. The molecule has 0 fully saturated rings. The maximum Gasteiger partial charge on any atom is 0.251 e. The number of sulfone groups is 1. The normalized spacial score (nSPS) is 13.6. The molecule has 0 aliphatic rings. The monoisotopic (exact) mass is 291 g/mol. The van der Waals surface area contributed by atoms with E-state index < -0.39 is 27.6 Å². The van der Waals surface area contributed by atoms with Crippen LogP contribution >= 0.6 is 11.6 Å². The Balaban J connectivity index is 4.40. The molecule has 0 amide bonds. The van der Waals surface area contributed by atoms with Crippen LogP contribution in [0.15, 0.2) is 0 Å². The summed E-state index contributed by atoms with van der Waals surface area (Å²) in [6.45, 7) is 4.72. The first-order valence-corrected chi connectivity index (χ1v) is 7.57. The predicted molar refractivity (Wildman–Crippen MR) is 66.7 cm³/mol. The van der Waals surface area contributed by atoms with E-state index in [2.05, 4.69) is 0 Å². The lowest BCUT2D eigenvalue weighted by atomic mass is 10.3. The Labute approximate surface area is 107 Å². The Morgan fingerprint density at radius 2 is 1.76 bits per heavy atom. The van der Waals surface area contributed by atoms with Gasteiger partial charge in [0.2, 0.25) is 0 Å². The molecule has 104 valence electrons. The van der Waals surface area contributed by atoms with Crippen LogP contribution in [0.5, 0.6) is 0 Å². The van der Waals surface area contributed by atoms with E-state index in [-0.39, 0.29) is 24.7 Å². The van der Waals surface area contributed by atoms with Crippen LogP contribution in [0.4, 0.5) is 8.78 Å². The zero-order chi connectivity index (χ0) is 13.7. The van der Waals surface area contributed by atoms with Crippen LogP contribution in [-0.4, -0.2) is 55.8 Å². The van der Waals surface area contributed by atoms with Gasteiger partial charge in [-0.2, -0.15) is 0 Å². The Hall–Kier alpha value is 0.0600. The second-order valence-corrected chi connectivity index (χ2v) is 8.05. The molecule has 0 aliphatic heterocycles. The molecule has 17 heavy (non-hydrogen) atoms. The number of hydrogen-bond donors (Lipinski definition) is 0. The van der Waals surface area contributed by atoms with Crippen LogP contribution in [0.2, 0.25) is 0 Å². The molecule has 3 nitrogen and oxygen atoms in total. The van der Waals surface area contributed by atoms with Crippen LogP contribution in [0.1, 0.15) is 20.8 Å². The highest BCUT2D eigenvalue weighted by Crippen LogP contribution is 2.16.